The molecule has 0 spiro atoms. The number of sulfonamides is 1. The standard InChI is InChI=1S/C18H21NO3S/c1-14-5-4-6-15(11-14)12-23(21,22)19-13-18(20)10-9-16-7-2-3-8-17(16)18/h2-8,11,19-20H,9-10,12-13H2,1H3. The number of hydrogen-bond acceptors (Lipinski definition) is 3. The Bertz CT molecular complexity index is 817. The van der Waals surface area contributed by atoms with Gasteiger partial charge in [-0.3, -0.25) is 0 Å². The van der Waals surface area contributed by atoms with Gasteiger partial charge in [-0.05, 0) is 36.5 Å². The van der Waals surface area contributed by atoms with Gasteiger partial charge >= 0.3 is 0 Å². The molecule has 0 heterocycles. The van der Waals surface area contributed by atoms with Crippen molar-refractivity contribution in [1.82, 2.24) is 4.72 Å². The van der Waals surface area contributed by atoms with Crippen molar-refractivity contribution in [3.05, 3.63) is 70.8 Å². The number of nitrogens with one attached hydrogen (secondary N) is 1. The Hall–Kier alpha value is -1.69. The molecule has 4 nitrogen and oxygen atoms in total. The quantitative estimate of drug-likeness (QED) is 0.883. The highest BCUT2D eigenvalue weighted by Gasteiger charge is 2.37. The van der Waals surface area contributed by atoms with E-state index in [0.29, 0.717) is 6.42 Å². The number of rotatable bonds is 5. The second kappa shape index (κ2) is 6.07. The molecular weight excluding hydrogens is 310 g/mol. The third-order valence-corrected chi connectivity index (χ3v) is 5.65. The zero-order valence-corrected chi connectivity index (χ0v) is 13.9. The van der Waals surface area contributed by atoms with Crippen molar-refractivity contribution in [2.45, 2.75) is 31.1 Å². The van der Waals surface area contributed by atoms with Crippen molar-refractivity contribution in [3.8, 4) is 0 Å². The van der Waals surface area contributed by atoms with E-state index >= 15 is 0 Å². The molecule has 1 unspecified atom stereocenters. The van der Waals surface area contributed by atoms with E-state index < -0.39 is 15.6 Å². The van der Waals surface area contributed by atoms with Crippen molar-refractivity contribution < 1.29 is 13.5 Å². The lowest BCUT2D eigenvalue weighted by molar-refractivity contribution is 0.0442. The molecule has 0 aliphatic heterocycles. The summed E-state index contributed by atoms with van der Waals surface area (Å²) in [4.78, 5) is 0. The van der Waals surface area contributed by atoms with Crippen molar-refractivity contribution in [2.75, 3.05) is 6.54 Å². The molecule has 1 aliphatic carbocycles. The van der Waals surface area contributed by atoms with Crippen LogP contribution in [0.15, 0.2) is 48.5 Å². The number of benzene rings is 2. The van der Waals surface area contributed by atoms with Crippen LogP contribution in [0.25, 0.3) is 0 Å². The molecular formula is C18H21NO3S. The van der Waals surface area contributed by atoms with Gasteiger partial charge in [0.25, 0.3) is 0 Å². The van der Waals surface area contributed by atoms with E-state index in [2.05, 4.69) is 4.72 Å². The molecule has 0 amide bonds. The first-order valence-electron chi connectivity index (χ1n) is 7.72. The molecule has 0 bridgehead atoms. The summed E-state index contributed by atoms with van der Waals surface area (Å²) in [7, 11) is -3.49. The minimum absolute atomic E-state index is 0.0121. The monoisotopic (exact) mass is 331 g/mol. The van der Waals surface area contributed by atoms with Gasteiger partial charge in [0, 0.05) is 6.54 Å². The van der Waals surface area contributed by atoms with Gasteiger partial charge in [0.2, 0.25) is 10.0 Å². The minimum Gasteiger partial charge on any atom is -0.384 e. The largest absolute Gasteiger partial charge is 0.384 e. The van der Waals surface area contributed by atoms with Crippen LogP contribution in [0, 0.1) is 6.92 Å². The smallest absolute Gasteiger partial charge is 0.215 e. The summed E-state index contributed by atoms with van der Waals surface area (Å²) in [5.41, 5.74) is 2.58. The summed E-state index contributed by atoms with van der Waals surface area (Å²) in [5, 5.41) is 10.8. The maximum absolute atomic E-state index is 12.3. The van der Waals surface area contributed by atoms with E-state index in [1.54, 1.807) is 6.07 Å². The molecule has 3 rings (SSSR count). The first-order valence-corrected chi connectivity index (χ1v) is 9.37. The van der Waals surface area contributed by atoms with Gasteiger partial charge in [-0.15, -0.1) is 0 Å². The molecule has 2 aromatic carbocycles. The van der Waals surface area contributed by atoms with Gasteiger partial charge in [-0.25, -0.2) is 13.1 Å². The lowest BCUT2D eigenvalue weighted by atomic mass is 9.96. The van der Waals surface area contributed by atoms with Crippen molar-refractivity contribution in [1.29, 1.82) is 0 Å². The topological polar surface area (TPSA) is 66.4 Å². The predicted octanol–water partition coefficient (Wildman–Crippen LogP) is 2.25. The van der Waals surface area contributed by atoms with Crippen LogP contribution in [0.1, 0.15) is 28.7 Å². The van der Waals surface area contributed by atoms with E-state index in [9.17, 15) is 13.5 Å². The fourth-order valence-electron chi connectivity index (χ4n) is 3.15. The summed E-state index contributed by atoms with van der Waals surface area (Å²) in [6, 6.07) is 15.1. The Morgan fingerprint density at radius 1 is 1.17 bits per heavy atom. The zero-order chi connectivity index (χ0) is 16.5. The molecule has 0 saturated carbocycles. The van der Waals surface area contributed by atoms with E-state index in [1.165, 1.54) is 0 Å². The Balaban J connectivity index is 1.70. The van der Waals surface area contributed by atoms with Crippen LogP contribution in [0.4, 0.5) is 0 Å². The fraction of sp³-hybridized carbons (Fsp3) is 0.333. The molecule has 2 N–H and O–H groups in total. The van der Waals surface area contributed by atoms with Crippen LogP contribution >= 0.6 is 0 Å². The SMILES string of the molecule is Cc1cccc(CS(=O)(=O)NCC2(O)CCc3ccccc32)c1. The second-order valence-corrected chi connectivity index (χ2v) is 8.06. The lowest BCUT2D eigenvalue weighted by Gasteiger charge is -2.24. The van der Waals surface area contributed by atoms with Gasteiger partial charge in [0.1, 0.15) is 5.60 Å². The summed E-state index contributed by atoms with van der Waals surface area (Å²) >= 11 is 0. The third kappa shape index (κ3) is 3.63. The molecule has 5 heteroatoms. The highest BCUT2D eigenvalue weighted by molar-refractivity contribution is 7.88. The normalized spacial score (nSPS) is 20.4. The molecule has 23 heavy (non-hydrogen) atoms. The number of aliphatic hydroxyl groups is 1. The molecule has 0 saturated heterocycles. The second-order valence-electron chi connectivity index (χ2n) is 6.26. The van der Waals surface area contributed by atoms with Crippen molar-refractivity contribution in [3.63, 3.8) is 0 Å². The van der Waals surface area contributed by atoms with Gasteiger partial charge in [0.15, 0.2) is 0 Å². The number of fused-ring (bicyclic) bond motifs is 1. The average molecular weight is 331 g/mol. The first kappa shape index (κ1) is 16.2. The Kier molecular flexibility index (Phi) is 4.27. The van der Waals surface area contributed by atoms with E-state index in [-0.39, 0.29) is 12.3 Å². The molecule has 122 valence electrons. The molecule has 0 radical (unpaired) electrons. The summed E-state index contributed by atoms with van der Waals surface area (Å²) in [5.74, 6) is -0.0770. The maximum atomic E-state index is 12.3. The Labute approximate surface area is 137 Å². The van der Waals surface area contributed by atoms with Gasteiger partial charge in [-0.1, -0.05) is 54.1 Å². The Morgan fingerprint density at radius 3 is 2.74 bits per heavy atom. The fourth-order valence-corrected chi connectivity index (χ4v) is 4.33. The van der Waals surface area contributed by atoms with E-state index in [4.69, 9.17) is 0 Å². The Morgan fingerprint density at radius 2 is 1.96 bits per heavy atom. The highest BCUT2D eigenvalue weighted by atomic mass is 32.2. The highest BCUT2D eigenvalue weighted by Crippen LogP contribution is 2.36. The predicted molar refractivity (Wildman–Crippen MR) is 90.5 cm³/mol. The molecule has 0 aromatic heterocycles. The lowest BCUT2D eigenvalue weighted by Crippen LogP contribution is -2.39. The first-order chi connectivity index (χ1) is 10.9. The van der Waals surface area contributed by atoms with Gasteiger partial charge < -0.3 is 5.11 Å². The minimum atomic E-state index is -3.49. The third-order valence-electron chi connectivity index (χ3n) is 4.35. The maximum Gasteiger partial charge on any atom is 0.215 e. The molecule has 2 aromatic rings. The summed E-state index contributed by atoms with van der Waals surface area (Å²) in [6.07, 6.45) is 1.31. The van der Waals surface area contributed by atoms with E-state index in [1.807, 2.05) is 49.4 Å². The molecule has 1 aliphatic rings. The number of aryl methyl sites for hydroxylation is 2. The van der Waals surface area contributed by atoms with Gasteiger partial charge in [0.05, 0.1) is 5.75 Å². The average Bonchev–Trinajstić information content (AvgIpc) is 2.84. The summed E-state index contributed by atoms with van der Waals surface area (Å²) in [6.45, 7) is 1.94. The zero-order valence-electron chi connectivity index (χ0n) is 13.1. The van der Waals surface area contributed by atoms with Crippen molar-refractivity contribution >= 4 is 10.0 Å². The van der Waals surface area contributed by atoms with Crippen LogP contribution in [-0.4, -0.2) is 20.1 Å². The summed E-state index contributed by atoms with van der Waals surface area (Å²) < 4.78 is 27.2. The van der Waals surface area contributed by atoms with Gasteiger partial charge in [-0.2, -0.15) is 0 Å². The van der Waals surface area contributed by atoms with Crippen LogP contribution < -0.4 is 4.72 Å². The number of hydrogen-bond donors (Lipinski definition) is 2. The molecule has 1 atom stereocenters. The van der Waals surface area contributed by atoms with Crippen LogP contribution in [0.3, 0.4) is 0 Å². The van der Waals surface area contributed by atoms with Crippen LogP contribution in [-0.2, 0) is 27.8 Å². The van der Waals surface area contributed by atoms with Crippen molar-refractivity contribution in [2.24, 2.45) is 0 Å². The van der Waals surface area contributed by atoms with E-state index in [0.717, 1.165) is 28.7 Å². The van der Waals surface area contributed by atoms with Crippen LogP contribution in [0.5, 0.6) is 0 Å². The molecule has 0 fully saturated rings. The van der Waals surface area contributed by atoms with Crippen LogP contribution in [0.2, 0.25) is 0 Å².